The van der Waals surface area contributed by atoms with Crippen molar-refractivity contribution in [2.24, 2.45) is 5.73 Å². The molecule has 8 nitrogen and oxygen atoms in total. The second-order valence-corrected chi connectivity index (χ2v) is 11.1. The summed E-state index contributed by atoms with van der Waals surface area (Å²) in [5.74, 6) is -0.698. The van der Waals surface area contributed by atoms with Crippen LogP contribution in [0.25, 0.3) is 16.9 Å². The summed E-state index contributed by atoms with van der Waals surface area (Å²) in [4.78, 5) is 28.8. The molecule has 4 aromatic rings. The number of phenols is 1. The fourth-order valence-corrected chi connectivity index (χ4v) is 4.44. The van der Waals surface area contributed by atoms with Gasteiger partial charge in [-0.05, 0) is 84.7 Å². The van der Waals surface area contributed by atoms with Crippen molar-refractivity contribution in [2.45, 2.75) is 64.3 Å². The van der Waals surface area contributed by atoms with Crippen molar-refractivity contribution in [3.05, 3.63) is 95.9 Å². The Morgan fingerprint density at radius 2 is 1.65 bits per heavy atom. The molecular formula is C32H37N5O3. The smallest absolute Gasteiger partial charge is 0.243 e. The number of nitrogens with two attached hydrogens (primary N) is 1. The topological polar surface area (TPSA) is 123 Å². The number of carbonyl (C=O) groups is 2. The minimum atomic E-state index is -0.846. The first kappa shape index (κ1) is 28.7. The van der Waals surface area contributed by atoms with Crippen LogP contribution in [0.5, 0.6) is 5.75 Å². The summed E-state index contributed by atoms with van der Waals surface area (Å²) in [6.07, 6.45) is 6.11. The number of unbranched alkanes of at least 4 members (excludes halogenated alkanes) is 1. The number of aryl methyl sites for hydroxylation is 1. The molecule has 2 heterocycles. The highest BCUT2D eigenvalue weighted by Crippen LogP contribution is 2.27. The highest BCUT2D eigenvalue weighted by Gasteiger charge is 2.18. The Labute approximate surface area is 235 Å². The van der Waals surface area contributed by atoms with Crippen molar-refractivity contribution in [2.75, 3.05) is 0 Å². The number of hydrogen-bond donors (Lipinski definition) is 3. The van der Waals surface area contributed by atoms with E-state index in [0.29, 0.717) is 12.8 Å². The molecule has 4 rings (SSSR count). The summed E-state index contributed by atoms with van der Waals surface area (Å²) >= 11 is 0. The molecule has 0 bridgehead atoms. The monoisotopic (exact) mass is 539 g/mol. The van der Waals surface area contributed by atoms with Gasteiger partial charge in [-0.15, -0.1) is 0 Å². The highest BCUT2D eigenvalue weighted by molar-refractivity contribution is 5.97. The van der Waals surface area contributed by atoms with Crippen LogP contribution in [0.3, 0.4) is 0 Å². The van der Waals surface area contributed by atoms with Gasteiger partial charge in [0, 0.05) is 24.4 Å². The Balaban J connectivity index is 1.34. The van der Waals surface area contributed by atoms with Crippen molar-refractivity contribution >= 4 is 11.8 Å². The van der Waals surface area contributed by atoms with Gasteiger partial charge < -0.3 is 10.8 Å². The lowest BCUT2D eigenvalue weighted by molar-refractivity contribution is -0.131. The molecule has 4 N–H and O–H groups in total. The van der Waals surface area contributed by atoms with Crippen LogP contribution in [0.4, 0.5) is 0 Å². The molecule has 1 atom stereocenters. The number of nitrogens with zero attached hydrogens (tertiary/aromatic N) is 3. The lowest BCUT2D eigenvalue weighted by Gasteiger charge is -2.19. The zero-order chi connectivity index (χ0) is 28.7. The first-order chi connectivity index (χ1) is 19.1. The molecule has 0 saturated heterocycles. The molecule has 0 aliphatic heterocycles. The van der Waals surface area contributed by atoms with E-state index < -0.39 is 11.9 Å². The largest absolute Gasteiger partial charge is 0.508 e. The minimum absolute atomic E-state index is 0.0659. The number of imide groups is 1. The van der Waals surface area contributed by atoms with E-state index in [2.05, 4.69) is 61.4 Å². The molecule has 2 aromatic carbocycles. The first-order valence-corrected chi connectivity index (χ1v) is 13.6. The molecular weight excluding hydrogens is 502 g/mol. The van der Waals surface area contributed by atoms with E-state index in [1.165, 1.54) is 17.7 Å². The summed E-state index contributed by atoms with van der Waals surface area (Å²) in [6, 6.07) is 20.1. The molecule has 0 fully saturated rings. The van der Waals surface area contributed by atoms with E-state index in [0.717, 1.165) is 34.6 Å². The second kappa shape index (κ2) is 12.7. The lowest BCUT2D eigenvalue weighted by Crippen LogP contribution is -2.44. The number of pyridine rings is 1. The van der Waals surface area contributed by atoms with Gasteiger partial charge in [-0.1, -0.05) is 45.0 Å². The average Bonchev–Trinajstić information content (AvgIpc) is 3.36. The Morgan fingerprint density at radius 1 is 0.975 bits per heavy atom. The quantitative estimate of drug-likeness (QED) is 0.247. The van der Waals surface area contributed by atoms with Crippen LogP contribution in [-0.4, -0.2) is 37.7 Å². The van der Waals surface area contributed by atoms with Crippen LogP contribution in [0.1, 0.15) is 56.9 Å². The van der Waals surface area contributed by atoms with Gasteiger partial charge in [0.15, 0.2) is 0 Å². The average molecular weight is 540 g/mol. The summed E-state index contributed by atoms with van der Waals surface area (Å²) in [5, 5.41) is 16.7. The van der Waals surface area contributed by atoms with Crippen LogP contribution in [0.2, 0.25) is 0 Å². The number of hydrogen-bond acceptors (Lipinski definition) is 6. The maximum absolute atomic E-state index is 12.3. The van der Waals surface area contributed by atoms with Crippen molar-refractivity contribution in [1.82, 2.24) is 20.1 Å². The van der Waals surface area contributed by atoms with Crippen molar-refractivity contribution in [1.29, 1.82) is 0 Å². The third-order valence-electron chi connectivity index (χ3n) is 6.79. The Bertz CT molecular complexity index is 1420. The van der Waals surface area contributed by atoms with E-state index in [1.807, 2.05) is 16.8 Å². The Hall–Kier alpha value is -4.30. The van der Waals surface area contributed by atoms with Crippen LogP contribution >= 0.6 is 0 Å². The van der Waals surface area contributed by atoms with Gasteiger partial charge in [-0.2, -0.15) is 5.10 Å². The molecule has 2 aromatic heterocycles. The first-order valence-electron chi connectivity index (χ1n) is 13.6. The summed E-state index contributed by atoms with van der Waals surface area (Å²) in [5.41, 5.74) is 12.0. The Morgan fingerprint density at radius 3 is 2.30 bits per heavy atom. The SMILES string of the molecule is CC(C)(C)c1ccc(-n2nc(CCCCC(=O)NC(=O)[C@@H](N)Cc3ccc(O)cc3)cc2-c2ccncc2)cc1. The summed E-state index contributed by atoms with van der Waals surface area (Å²) < 4.78 is 1.96. The van der Waals surface area contributed by atoms with Gasteiger partial charge in [-0.3, -0.25) is 19.9 Å². The molecule has 40 heavy (non-hydrogen) atoms. The molecule has 0 aliphatic rings. The maximum atomic E-state index is 12.3. The highest BCUT2D eigenvalue weighted by atomic mass is 16.3. The third kappa shape index (κ3) is 7.64. The van der Waals surface area contributed by atoms with Crippen LogP contribution < -0.4 is 11.1 Å². The number of nitrogens with one attached hydrogen (secondary N) is 1. The van der Waals surface area contributed by atoms with E-state index in [1.54, 1.807) is 24.5 Å². The van der Waals surface area contributed by atoms with E-state index in [9.17, 15) is 14.7 Å². The van der Waals surface area contributed by atoms with Crippen LogP contribution in [0.15, 0.2) is 79.1 Å². The fourth-order valence-electron chi connectivity index (χ4n) is 4.44. The number of benzene rings is 2. The molecule has 0 aliphatic carbocycles. The molecule has 0 radical (unpaired) electrons. The Kier molecular flexibility index (Phi) is 9.11. The minimum Gasteiger partial charge on any atom is -0.508 e. The maximum Gasteiger partial charge on any atom is 0.243 e. The number of aromatic hydroxyl groups is 1. The van der Waals surface area contributed by atoms with E-state index in [-0.39, 0.29) is 29.9 Å². The van der Waals surface area contributed by atoms with E-state index >= 15 is 0 Å². The zero-order valence-corrected chi connectivity index (χ0v) is 23.3. The predicted octanol–water partition coefficient (Wildman–Crippen LogP) is 4.86. The molecule has 2 amide bonds. The normalized spacial score (nSPS) is 12.2. The molecule has 0 saturated carbocycles. The van der Waals surface area contributed by atoms with Crippen LogP contribution in [-0.2, 0) is 27.8 Å². The molecule has 208 valence electrons. The molecule has 0 unspecified atom stereocenters. The van der Waals surface area contributed by atoms with Crippen molar-refractivity contribution in [3.63, 3.8) is 0 Å². The molecule has 8 heteroatoms. The van der Waals surface area contributed by atoms with Crippen molar-refractivity contribution < 1.29 is 14.7 Å². The number of carbonyl (C=O) groups excluding carboxylic acids is 2. The van der Waals surface area contributed by atoms with Crippen molar-refractivity contribution in [3.8, 4) is 22.7 Å². The summed E-state index contributed by atoms with van der Waals surface area (Å²) in [7, 11) is 0. The van der Waals surface area contributed by atoms with Gasteiger partial charge >= 0.3 is 0 Å². The van der Waals surface area contributed by atoms with Gasteiger partial charge in [-0.25, -0.2) is 4.68 Å². The second-order valence-electron chi connectivity index (χ2n) is 11.1. The van der Waals surface area contributed by atoms with Gasteiger partial charge in [0.25, 0.3) is 0 Å². The van der Waals surface area contributed by atoms with E-state index in [4.69, 9.17) is 10.8 Å². The standard InChI is InChI=1S/C32H37N5O3/c1-32(2,3)24-10-12-26(13-11-24)37-29(23-16-18-34-19-17-23)21-25(36-37)6-4-5-7-30(39)35-31(40)28(33)20-22-8-14-27(38)15-9-22/h8-19,21,28,38H,4-7,20,33H2,1-3H3,(H,35,39,40)/t28-/m0/s1. The van der Waals surface area contributed by atoms with Gasteiger partial charge in [0.05, 0.1) is 23.1 Å². The summed E-state index contributed by atoms with van der Waals surface area (Å²) in [6.45, 7) is 6.58. The number of rotatable bonds is 10. The molecule has 0 spiro atoms. The van der Waals surface area contributed by atoms with Gasteiger partial charge in [0.2, 0.25) is 11.8 Å². The van der Waals surface area contributed by atoms with Crippen LogP contribution in [0, 0.1) is 0 Å². The number of aromatic nitrogens is 3. The predicted molar refractivity (Wildman–Crippen MR) is 156 cm³/mol. The lowest BCUT2D eigenvalue weighted by atomic mass is 9.87. The number of amides is 2. The fraction of sp³-hybridized carbons (Fsp3) is 0.312. The van der Waals surface area contributed by atoms with Gasteiger partial charge in [0.1, 0.15) is 5.75 Å². The third-order valence-corrected chi connectivity index (χ3v) is 6.79. The number of phenolic OH excluding ortho intramolecular Hbond substituents is 1. The zero-order valence-electron chi connectivity index (χ0n) is 23.3.